The smallest absolute Gasteiger partial charge is 0.0653 e. The molecule has 0 bridgehead atoms. The minimum atomic E-state index is 0.750. The fourth-order valence-electron chi connectivity index (χ4n) is 0.856. The highest BCUT2D eigenvalue weighted by molar-refractivity contribution is 4.53. The molecule has 0 spiro atoms. The van der Waals surface area contributed by atoms with Gasteiger partial charge in [-0.05, 0) is 12.8 Å². The third-order valence-electron chi connectivity index (χ3n) is 1.77. The lowest BCUT2D eigenvalue weighted by atomic mass is 10.0. The molecule has 0 atom stereocenters. The molecule has 0 aromatic carbocycles. The quantitative estimate of drug-likeness (QED) is 0.455. The number of hydrogen-bond donors (Lipinski definition) is 1. The first-order valence-corrected chi connectivity index (χ1v) is 4.19. The van der Waals surface area contributed by atoms with Gasteiger partial charge in [0.05, 0.1) is 6.61 Å². The van der Waals surface area contributed by atoms with Gasteiger partial charge in [-0.15, -0.1) is 0 Å². The number of rotatable bonds is 6. The van der Waals surface area contributed by atoms with E-state index in [2.05, 4.69) is 19.3 Å². The summed E-state index contributed by atoms with van der Waals surface area (Å²) in [6.45, 7) is 8.14. The molecule has 0 aliphatic rings. The van der Waals surface area contributed by atoms with Crippen LogP contribution in [-0.4, -0.2) is 13.2 Å². The third kappa shape index (κ3) is 4.77. The van der Waals surface area contributed by atoms with E-state index in [9.17, 15) is 0 Å². The van der Waals surface area contributed by atoms with Crippen LogP contribution in [0.5, 0.6) is 0 Å². The van der Waals surface area contributed by atoms with Crippen LogP contribution < -0.4 is 5.48 Å². The van der Waals surface area contributed by atoms with Gasteiger partial charge in [-0.3, -0.25) is 0 Å². The first-order valence-electron chi connectivity index (χ1n) is 4.19. The van der Waals surface area contributed by atoms with Gasteiger partial charge in [0, 0.05) is 6.54 Å². The molecule has 0 saturated heterocycles. The molecule has 10 heavy (non-hydrogen) atoms. The summed E-state index contributed by atoms with van der Waals surface area (Å²) in [6.07, 6.45) is 2.47. The Morgan fingerprint density at radius 2 is 1.80 bits per heavy atom. The molecule has 0 heterocycles. The van der Waals surface area contributed by atoms with Crippen molar-refractivity contribution in [2.75, 3.05) is 13.2 Å². The Bertz CT molecular complexity index is 62.3. The van der Waals surface area contributed by atoms with Gasteiger partial charge in [-0.25, -0.2) is 5.48 Å². The summed E-state index contributed by atoms with van der Waals surface area (Å²) in [5, 5.41) is 0. The van der Waals surface area contributed by atoms with Crippen molar-refractivity contribution in [1.82, 2.24) is 5.48 Å². The SMILES string of the molecule is CCONCC(CC)CC. The first-order chi connectivity index (χ1) is 4.85. The molecule has 0 unspecified atom stereocenters. The normalized spacial score (nSPS) is 10.8. The van der Waals surface area contributed by atoms with Gasteiger partial charge in [-0.2, -0.15) is 0 Å². The predicted octanol–water partition coefficient (Wildman–Crippen LogP) is 1.96. The molecule has 0 radical (unpaired) electrons. The summed E-state index contributed by atoms with van der Waals surface area (Å²) < 4.78 is 0. The van der Waals surface area contributed by atoms with E-state index in [4.69, 9.17) is 4.84 Å². The van der Waals surface area contributed by atoms with Crippen molar-refractivity contribution in [1.29, 1.82) is 0 Å². The Labute approximate surface area is 63.9 Å². The second-order valence-corrected chi connectivity index (χ2v) is 2.46. The molecular formula is C8H19NO. The standard InChI is InChI=1S/C8H19NO/c1-4-8(5-2)7-9-10-6-3/h8-9H,4-7H2,1-3H3. The van der Waals surface area contributed by atoms with E-state index in [1.54, 1.807) is 0 Å². The fourth-order valence-corrected chi connectivity index (χ4v) is 0.856. The van der Waals surface area contributed by atoms with Gasteiger partial charge < -0.3 is 4.84 Å². The van der Waals surface area contributed by atoms with E-state index < -0.39 is 0 Å². The van der Waals surface area contributed by atoms with Crippen molar-refractivity contribution in [3.8, 4) is 0 Å². The predicted molar refractivity (Wildman–Crippen MR) is 43.7 cm³/mol. The lowest BCUT2D eigenvalue weighted by Gasteiger charge is -2.11. The Hall–Kier alpha value is -0.0800. The summed E-state index contributed by atoms with van der Waals surface area (Å²) in [5.74, 6) is 0.770. The molecule has 0 saturated carbocycles. The maximum Gasteiger partial charge on any atom is 0.0653 e. The van der Waals surface area contributed by atoms with Gasteiger partial charge in [0.2, 0.25) is 0 Å². The van der Waals surface area contributed by atoms with Crippen LogP contribution in [0.4, 0.5) is 0 Å². The second-order valence-electron chi connectivity index (χ2n) is 2.46. The molecule has 0 aliphatic heterocycles. The molecule has 62 valence electrons. The second kappa shape index (κ2) is 7.03. The van der Waals surface area contributed by atoms with E-state index in [0.29, 0.717) is 0 Å². The number of hydroxylamine groups is 1. The van der Waals surface area contributed by atoms with Crippen LogP contribution in [0.2, 0.25) is 0 Å². The van der Waals surface area contributed by atoms with Crippen LogP contribution in [0, 0.1) is 5.92 Å². The topological polar surface area (TPSA) is 21.3 Å². The largest absolute Gasteiger partial charge is 0.302 e. The molecule has 2 nitrogen and oxygen atoms in total. The molecule has 1 N–H and O–H groups in total. The van der Waals surface area contributed by atoms with Crippen LogP contribution in [0.3, 0.4) is 0 Å². The number of hydrogen-bond acceptors (Lipinski definition) is 2. The highest BCUT2D eigenvalue weighted by atomic mass is 16.6. The van der Waals surface area contributed by atoms with Gasteiger partial charge in [-0.1, -0.05) is 26.7 Å². The molecule has 0 aromatic heterocycles. The summed E-state index contributed by atoms with van der Waals surface area (Å²) in [5.41, 5.74) is 2.94. The lowest BCUT2D eigenvalue weighted by Crippen LogP contribution is -2.22. The van der Waals surface area contributed by atoms with Crippen molar-refractivity contribution >= 4 is 0 Å². The van der Waals surface area contributed by atoms with Crippen LogP contribution in [-0.2, 0) is 4.84 Å². The van der Waals surface area contributed by atoms with Crippen molar-refractivity contribution in [3.63, 3.8) is 0 Å². The molecule has 0 amide bonds. The third-order valence-corrected chi connectivity index (χ3v) is 1.77. The maximum atomic E-state index is 5.02. The minimum absolute atomic E-state index is 0.750. The minimum Gasteiger partial charge on any atom is -0.302 e. The average molecular weight is 145 g/mol. The van der Waals surface area contributed by atoms with Gasteiger partial charge in [0.1, 0.15) is 0 Å². The molecule has 0 fully saturated rings. The fraction of sp³-hybridized carbons (Fsp3) is 1.00. The van der Waals surface area contributed by atoms with E-state index in [0.717, 1.165) is 19.1 Å². The zero-order chi connectivity index (χ0) is 7.82. The Morgan fingerprint density at radius 1 is 1.20 bits per heavy atom. The molecule has 2 heteroatoms. The monoisotopic (exact) mass is 145 g/mol. The van der Waals surface area contributed by atoms with Crippen molar-refractivity contribution in [2.45, 2.75) is 33.6 Å². The zero-order valence-electron chi connectivity index (χ0n) is 7.31. The van der Waals surface area contributed by atoms with Crippen molar-refractivity contribution in [2.24, 2.45) is 5.92 Å². The van der Waals surface area contributed by atoms with Gasteiger partial charge >= 0.3 is 0 Å². The zero-order valence-corrected chi connectivity index (χ0v) is 7.31. The molecule has 0 rings (SSSR count). The first kappa shape index (κ1) is 9.92. The van der Waals surface area contributed by atoms with Crippen LogP contribution in [0.25, 0.3) is 0 Å². The van der Waals surface area contributed by atoms with Crippen LogP contribution in [0.1, 0.15) is 33.6 Å². The Kier molecular flexibility index (Phi) is 6.98. The maximum absolute atomic E-state index is 5.02. The Balaban J connectivity index is 3.09. The molecule has 0 aliphatic carbocycles. The summed E-state index contributed by atoms with van der Waals surface area (Å²) >= 11 is 0. The van der Waals surface area contributed by atoms with Crippen molar-refractivity contribution < 1.29 is 4.84 Å². The van der Waals surface area contributed by atoms with E-state index in [-0.39, 0.29) is 0 Å². The average Bonchev–Trinajstić information content (AvgIpc) is 1.99. The van der Waals surface area contributed by atoms with E-state index in [1.807, 2.05) is 6.92 Å². The molecular weight excluding hydrogens is 126 g/mol. The lowest BCUT2D eigenvalue weighted by molar-refractivity contribution is 0.0407. The van der Waals surface area contributed by atoms with Gasteiger partial charge in [0.15, 0.2) is 0 Å². The summed E-state index contributed by atoms with van der Waals surface area (Å²) in [6, 6.07) is 0. The highest BCUT2D eigenvalue weighted by Crippen LogP contribution is 2.04. The Morgan fingerprint density at radius 3 is 2.20 bits per heavy atom. The van der Waals surface area contributed by atoms with E-state index in [1.165, 1.54) is 12.8 Å². The van der Waals surface area contributed by atoms with E-state index >= 15 is 0 Å². The number of nitrogens with one attached hydrogen (secondary N) is 1. The van der Waals surface area contributed by atoms with Crippen molar-refractivity contribution in [3.05, 3.63) is 0 Å². The summed E-state index contributed by atoms with van der Waals surface area (Å²) in [7, 11) is 0. The van der Waals surface area contributed by atoms with Crippen LogP contribution >= 0.6 is 0 Å². The summed E-state index contributed by atoms with van der Waals surface area (Å²) in [4.78, 5) is 5.02. The van der Waals surface area contributed by atoms with Gasteiger partial charge in [0.25, 0.3) is 0 Å². The van der Waals surface area contributed by atoms with Crippen LogP contribution in [0.15, 0.2) is 0 Å². The molecule has 0 aromatic rings. The highest BCUT2D eigenvalue weighted by Gasteiger charge is 2.00.